The summed E-state index contributed by atoms with van der Waals surface area (Å²) in [4.78, 5) is 0. The quantitative estimate of drug-likeness (QED) is 0.445. The van der Waals surface area contributed by atoms with E-state index in [0.29, 0.717) is 25.5 Å². The third-order valence-corrected chi connectivity index (χ3v) is 5.59. The average Bonchev–Trinajstić information content (AvgIpc) is 2.42. The first-order valence-electron chi connectivity index (χ1n) is 6.58. The van der Waals surface area contributed by atoms with Gasteiger partial charge in [0.1, 0.15) is 15.6 Å². The fourth-order valence-corrected chi connectivity index (χ4v) is 3.95. The highest BCUT2D eigenvalue weighted by Gasteiger charge is 2.05. The van der Waals surface area contributed by atoms with Crippen LogP contribution in [0.15, 0.2) is 0 Å². The zero-order valence-corrected chi connectivity index (χ0v) is 15.0. The highest BCUT2D eigenvalue weighted by atomic mass is 31.1. The monoisotopic (exact) mass is 350 g/mol. The van der Waals surface area contributed by atoms with Crippen LogP contribution in [0.1, 0.15) is 13.8 Å². The second-order valence-corrected chi connectivity index (χ2v) is 8.61. The van der Waals surface area contributed by atoms with Gasteiger partial charge in [0, 0.05) is 25.5 Å². The Morgan fingerprint density at radius 1 is 0.750 bits per heavy atom. The number of ether oxygens (including phenoxy) is 2. The Bertz CT molecular complexity index is 283. The van der Waals surface area contributed by atoms with E-state index in [1.54, 1.807) is 0 Å². The zero-order valence-electron chi connectivity index (χ0n) is 12.0. The second kappa shape index (κ2) is 14.5. The lowest BCUT2D eigenvalue weighted by atomic mass is 10.9. The maximum Gasteiger partial charge on any atom is 0.319 e. The van der Waals surface area contributed by atoms with Crippen molar-refractivity contribution in [1.82, 2.24) is 0 Å². The van der Waals surface area contributed by atoms with Crippen molar-refractivity contribution in [2.75, 3.05) is 51.4 Å². The van der Waals surface area contributed by atoms with Gasteiger partial charge in [-0.2, -0.15) is 0 Å². The minimum Gasteiger partial charge on any atom is -0.374 e. The van der Waals surface area contributed by atoms with Crippen molar-refractivity contribution in [3.63, 3.8) is 0 Å². The molecular weight excluding hydrogens is 325 g/mol. The van der Waals surface area contributed by atoms with Gasteiger partial charge in [0.2, 0.25) is 0 Å². The molecule has 0 N–H and O–H groups in total. The maximum atomic E-state index is 11.4. The Morgan fingerprint density at radius 3 is 1.50 bits per heavy atom. The molecule has 0 aromatic carbocycles. The Labute approximate surface area is 122 Å². The van der Waals surface area contributed by atoms with Crippen LogP contribution in [-0.4, -0.2) is 51.4 Å². The van der Waals surface area contributed by atoms with Gasteiger partial charge < -0.3 is 27.7 Å². The summed E-state index contributed by atoms with van der Waals surface area (Å²) < 4.78 is 54.0. The minimum atomic E-state index is -2.60. The topological polar surface area (TPSA) is 88.1 Å². The molecule has 0 aliphatic rings. The van der Waals surface area contributed by atoms with Crippen molar-refractivity contribution in [1.29, 1.82) is 0 Å². The molecular formula is C10H25O7P3. The summed E-state index contributed by atoms with van der Waals surface area (Å²) in [5, 5.41) is 0. The van der Waals surface area contributed by atoms with Gasteiger partial charge in [-0.25, -0.2) is 0 Å². The van der Waals surface area contributed by atoms with Crippen LogP contribution in [-0.2, 0) is 32.2 Å². The molecule has 7 nitrogen and oxygen atoms in total. The van der Waals surface area contributed by atoms with Gasteiger partial charge in [-0.05, 0) is 13.8 Å². The number of hydrogen-bond acceptors (Lipinski definition) is 7. The van der Waals surface area contributed by atoms with Crippen LogP contribution in [0, 0.1) is 0 Å². The van der Waals surface area contributed by atoms with Gasteiger partial charge in [0.25, 0.3) is 0 Å². The van der Waals surface area contributed by atoms with E-state index < -0.39 is 23.9 Å². The van der Waals surface area contributed by atoms with Gasteiger partial charge in [0.05, 0.1) is 25.9 Å². The van der Waals surface area contributed by atoms with Gasteiger partial charge in [-0.3, -0.25) is 4.57 Å². The lowest BCUT2D eigenvalue weighted by Gasteiger charge is -2.06. The standard InChI is InChI=1S/C10H25O7P3/c1-3-14-9-18(11)7-5-16-20(13)17-6-8-19(12)10-15-4-2/h18-20H,3-10H2,1-2H3. The van der Waals surface area contributed by atoms with Gasteiger partial charge in [-0.15, -0.1) is 0 Å². The van der Waals surface area contributed by atoms with Crippen LogP contribution in [0.3, 0.4) is 0 Å². The van der Waals surface area contributed by atoms with Crippen molar-refractivity contribution < 1.29 is 32.2 Å². The summed E-state index contributed by atoms with van der Waals surface area (Å²) in [6.07, 6.45) is 1.11. The van der Waals surface area contributed by atoms with Gasteiger partial charge >= 0.3 is 8.25 Å². The largest absolute Gasteiger partial charge is 0.374 e. The van der Waals surface area contributed by atoms with E-state index in [0.717, 1.165) is 0 Å². The van der Waals surface area contributed by atoms with Gasteiger partial charge in [-0.1, -0.05) is 0 Å². The normalized spacial score (nSPS) is 15.9. The van der Waals surface area contributed by atoms with E-state index in [-0.39, 0.29) is 25.9 Å². The summed E-state index contributed by atoms with van der Waals surface area (Å²) in [5.74, 6) is 0. The molecule has 2 atom stereocenters. The van der Waals surface area contributed by atoms with Crippen LogP contribution in [0.2, 0.25) is 0 Å². The van der Waals surface area contributed by atoms with Crippen LogP contribution >= 0.6 is 23.9 Å². The minimum absolute atomic E-state index is 0.122. The molecule has 0 aliphatic heterocycles. The molecule has 0 aliphatic carbocycles. The fourth-order valence-electron chi connectivity index (χ4n) is 1.11. The van der Waals surface area contributed by atoms with E-state index in [2.05, 4.69) is 0 Å². The fraction of sp³-hybridized carbons (Fsp3) is 1.00. The number of rotatable bonds is 14. The highest BCUT2D eigenvalue weighted by molar-refractivity contribution is 7.44. The zero-order chi connectivity index (χ0) is 15.2. The van der Waals surface area contributed by atoms with Crippen LogP contribution in [0.4, 0.5) is 0 Å². The predicted octanol–water partition coefficient (Wildman–Crippen LogP) is 2.52. The Balaban J connectivity index is 3.50. The Morgan fingerprint density at radius 2 is 1.15 bits per heavy atom. The van der Waals surface area contributed by atoms with Crippen LogP contribution in [0.25, 0.3) is 0 Å². The first kappa shape index (κ1) is 20.5. The molecule has 0 bridgehead atoms. The first-order chi connectivity index (χ1) is 9.60. The van der Waals surface area contributed by atoms with E-state index in [9.17, 15) is 13.7 Å². The van der Waals surface area contributed by atoms with Crippen molar-refractivity contribution in [3.05, 3.63) is 0 Å². The molecule has 0 amide bonds. The molecule has 0 rings (SSSR count). The van der Waals surface area contributed by atoms with Crippen LogP contribution in [0.5, 0.6) is 0 Å². The lowest BCUT2D eigenvalue weighted by molar-refractivity contribution is 0.192. The molecule has 122 valence electrons. The SMILES string of the molecule is CCOC[PH](=O)CCO[PH](=O)OCC[PH](=O)COCC. The first-order valence-corrected chi connectivity index (χ1v) is 11.5. The van der Waals surface area contributed by atoms with Crippen molar-refractivity contribution in [3.8, 4) is 0 Å². The third-order valence-electron chi connectivity index (χ3n) is 2.14. The highest BCUT2D eigenvalue weighted by Crippen LogP contribution is 2.28. The smallest absolute Gasteiger partial charge is 0.319 e. The maximum absolute atomic E-state index is 11.4. The average molecular weight is 350 g/mol. The molecule has 2 unspecified atom stereocenters. The molecule has 10 heteroatoms. The van der Waals surface area contributed by atoms with Crippen molar-refractivity contribution in [2.45, 2.75) is 13.8 Å². The van der Waals surface area contributed by atoms with Crippen LogP contribution < -0.4 is 0 Å². The summed E-state index contributed by atoms with van der Waals surface area (Å²) in [5.41, 5.74) is 0. The molecule has 0 aromatic rings. The summed E-state index contributed by atoms with van der Waals surface area (Å²) >= 11 is 0. The molecule has 0 radical (unpaired) electrons. The molecule has 0 saturated carbocycles. The lowest BCUT2D eigenvalue weighted by Crippen LogP contribution is -1.98. The third kappa shape index (κ3) is 13.5. The van der Waals surface area contributed by atoms with E-state index in [4.69, 9.17) is 18.5 Å². The van der Waals surface area contributed by atoms with Gasteiger partial charge in [0.15, 0.2) is 0 Å². The van der Waals surface area contributed by atoms with E-state index in [1.807, 2.05) is 13.8 Å². The molecule has 0 spiro atoms. The summed E-state index contributed by atoms with van der Waals surface area (Å²) in [6, 6.07) is 0. The molecule has 0 fully saturated rings. The summed E-state index contributed by atoms with van der Waals surface area (Å²) in [6.45, 7) is 4.95. The van der Waals surface area contributed by atoms with E-state index >= 15 is 0 Å². The molecule has 0 heterocycles. The Kier molecular flexibility index (Phi) is 14.8. The summed E-state index contributed by atoms with van der Waals surface area (Å²) in [7, 11) is -6.25. The Hall–Kier alpha value is 0.530. The molecule has 0 aromatic heterocycles. The second-order valence-electron chi connectivity index (χ2n) is 3.80. The molecule has 20 heavy (non-hydrogen) atoms. The predicted molar refractivity (Wildman–Crippen MR) is 81.6 cm³/mol. The molecule has 0 saturated heterocycles. The van der Waals surface area contributed by atoms with Crippen molar-refractivity contribution in [2.24, 2.45) is 0 Å². The van der Waals surface area contributed by atoms with Crippen molar-refractivity contribution >= 4 is 23.9 Å². The van der Waals surface area contributed by atoms with E-state index in [1.165, 1.54) is 0 Å². The number of hydrogen-bond donors (Lipinski definition) is 0.